The van der Waals surface area contributed by atoms with Gasteiger partial charge in [-0.15, -0.1) is 0 Å². The highest BCUT2D eigenvalue weighted by Gasteiger charge is 2.24. The van der Waals surface area contributed by atoms with Crippen LogP contribution >= 0.6 is 0 Å². The molecule has 3 heteroatoms. The summed E-state index contributed by atoms with van der Waals surface area (Å²) in [5.74, 6) is 0.528. The van der Waals surface area contributed by atoms with Gasteiger partial charge in [-0.3, -0.25) is 4.79 Å². The first-order chi connectivity index (χ1) is 9.13. The van der Waals surface area contributed by atoms with Gasteiger partial charge in [-0.05, 0) is 31.4 Å². The minimum atomic E-state index is -0.0360. The van der Waals surface area contributed by atoms with Crippen LogP contribution in [-0.4, -0.2) is 30.4 Å². The smallest absolute Gasteiger partial charge is 0.230 e. The lowest BCUT2D eigenvalue weighted by Crippen LogP contribution is -2.39. The zero-order valence-electron chi connectivity index (χ0n) is 12.3. The van der Waals surface area contributed by atoms with E-state index in [0.717, 1.165) is 25.1 Å². The van der Waals surface area contributed by atoms with E-state index in [0.29, 0.717) is 12.5 Å². The molecule has 106 valence electrons. The third-order valence-corrected chi connectivity index (χ3v) is 3.54. The largest absolute Gasteiger partial charge is 0.342 e. The molecule has 1 rings (SSSR count). The van der Waals surface area contributed by atoms with Crippen LogP contribution in [0.5, 0.6) is 0 Å². The third-order valence-electron chi connectivity index (χ3n) is 3.54. The second-order valence-corrected chi connectivity index (χ2v) is 5.09. The molecule has 0 bridgehead atoms. The minimum absolute atomic E-state index is 0.0360. The number of amides is 1. The average molecular weight is 262 g/mol. The van der Waals surface area contributed by atoms with Gasteiger partial charge >= 0.3 is 0 Å². The Morgan fingerprint density at radius 2 is 1.89 bits per heavy atom. The lowest BCUT2D eigenvalue weighted by atomic mass is 9.94. The van der Waals surface area contributed by atoms with Crippen LogP contribution in [0.25, 0.3) is 0 Å². The standard InChI is InChI=1S/C16H26N2O/c1-4-15(14-9-7-6-8-10-14)16(19)18(5-2)12-13(3)11-17/h6-10,13,15H,4-5,11-12,17H2,1-3H3. The Bertz CT molecular complexity index is 378. The Hall–Kier alpha value is -1.35. The van der Waals surface area contributed by atoms with Crippen molar-refractivity contribution in [2.75, 3.05) is 19.6 Å². The Morgan fingerprint density at radius 3 is 2.37 bits per heavy atom. The Morgan fingerprint density at radius 1 is 1.26 bits per heavy atom. The third kappa shape index (κ3) is 4.35. The first-order valence-electron chi connectivity index (χ1n) is 7.17. The molecular weight excluding hydrogens is 236 g/mol. The molecule has 0 aliphatic carbocycles. The number of nitrogens with two attached hydrogens (primary N) is 1. The maximum atomic E-state index is 12.6. The number of hydrogen-bond donors (Lipinski definition) is 1. The summed E-state index contributed by atoms with van der Waals surface area (Å²) in [6.07, 6.45) is 0.830. The molecule has 0 aliphatic rings. The lowest BCUT2D eigenvalue weighted by Gasteiger charge is -2.28. The van der Waals surface area contributed by atoms with Crippen LogP contribution in [0, 0.1) is 5.92 Å². The summed E-state index contributed by atoms with van der Waals surface area (Å²) >= 11 is 0. The maximum Gasteiger partial charge on any atom is 0.230 e. The first-order valence-corrected chi connectivity index (χ1v) is 7.17. The van der Waals surface area contributed by atoms with Crippen molar-refractivity contribution in [1.29, 1.82) is 0 Å². The van der Waals surface area contributed by atoms with Gasteiger partial charge in [-0.1, -0.05) is 44.2 Å². The molecule has 1 amide bonds. The van der Waals surface area contributed by atoms with Crippen molar-refractivity contribution in [1.82, 2.24) is 4.90 Å². The zero-order chi connectivity index (χ0) is 14.3. The molecule has 0 aromatic heterocycles. The predicted molar refractivity (Wildman–Crippen MR) is 79.9 cm³/mol. The fraction of sp³-hybridized carbons (Fsp3) is 0.562. The summed E-state index contributed by atoms with van der Waals surface area (Å²) in [5, 5.41) is 0. The zero-order valence-corrected chi connectivity index (χ0v) is 12.3. The van der Waals surface area contributed by atoms with Crippen LogP contribution < -0.4 is 5.73 Å². The van der Waals surface area contributed by atoms with Gasteiger partial charge < -0.3 is 10.6 Å². The van der Waals surface area contributed by atoms with E-state index in [1.165, 1.54) is 0 Å². The molecule has 0 saturated heterocycles. The molecule has 2 unspecified atom stereocenters. The van der Waals surface area contributed by atoms with Crippen LogP contribution in [-0.2, 0) is 4.79 Å². The number of likely N-dealkylation sites (N-methyl/N-ethyl adjacent to an activating group) is 1. The van der Waals surface area contributed by atoms with Crippen LogP contribution in [0.15, 0.2) is 30.3 Å². The predicted octanol–water partition coefficient (Wildman–Crippen LogP) is 2.62. The summed E-state index contributed by atoms with van der Waals surface area (Å²) in [5.41, 5.74) is 6.76. The summed E-state index contributed by atoms with van der Waals surface area (Å²) in [6.45, 7) is 8.28. The van der Waals surface area contributed by atoms with Crippen molar-refractivity contribution >= 4 is 5.91 Å². The second kappa shape index (κ2) is 7.95. The van der Waals surface area contributed by atoms with E-state index in [1.807, 2.05) is 42.2 Å². The van der Waals surface area contributed by atoms with Crippen molar-refractivity contribution in [2.24, 2.45) is 11.7 Å². The van der Waals surface area contributed by atoms with Gasteiger partial charge in [0.25, 0.3) is 0 Å². The van der Waals surface area contributed by atoms with E-state index in [2.05, 4.69) is 13.8 Å². The number of hydrogen-bond acceptors (Lipinski definition) is 2. The van der Waals surface area contributed by atoms with E-state index in [4.69, 9.17) is 5.73 Å². The van der Waals surface area contributed by atoms with Gasteiger partial charge in [0.1, 0.15) is 0 Å². The topological polar surface area (TPSA) is 46.3 Å². The van der Waals surface area contributed by atoms with Gasteiger partial charge in [0, 0.05) is 13.1 Å². The van der Waals surface area contributed by atoms with E-state index >= 15 is 0 Å². The summed E-state index contributed by atoms with van der Waals surface area (Å²) < 4.78 is 0. The molecule has 1 aromatic carbocycles. The number of nitrogens with zero attached hydrogens (tertiary/aromatic N) is 1. The van der Waals surface area contributed by atoms with E-state index in [-0.39, 0.29) is 11.8 Å². The van der Waals surface area contributed by atoms with Crippen molar-refractivity contribution in [2.45, 2.75) is 33.1 Å². The highest BCUT2D eigenvalue weighted by Crippen LogP contribution is 2.22. The summed E-state index contributed by atoms with van der Waals surface area (Å²) in [4.78, 5) is 14.6. The van der Waals surface area contributed by atoms with Crippen LogP contribution in [0.4, 0.5) is 0 Å². The van der Waals surface area contributed by atoms with Gasteiger partial charge in [-0.2, -0.15) is 0 Å². The first kappa shape index (κ1) is 15.7. The molecular formula is C16H26N2O. The SMILES string of the molecule is CCC(C(=O)N(CC)CC(C)CN)c1ccccc1. The molecule has 19 heavy (non-hydrogen) atoms. The molecule has 0 aliphatic heterocycles. The number of benzene rings is 1. The minimum Gasteiger partial charge on any atom is -0.342 e. The van der Waals surface area contributed by atoms with Crippen molar-refractivity contribution in [3.63, 3.8) is 0 Å². The fourth-order valence-corrected chi connectivity index (χ4v) is 2.28. The van der Waals surface area contributed by atoms with Gasteiger partial charge in [0.05, 0.1) is 5.92 Å². The summed E-state index contributed by atoms with van der Waals surface area (Å²) in [6, 6.07) is 10.0. The molecule has 0 fully saturated rings. The molecule has 1 aromatic rings. The van der Waals surface area contributed by atoms with Gasteiger partial charge in [0.15, 0.2) is 0 Å². The Kier molecular flexibility index (Phi) is 6.57. The Labute approximate surface area is 116 Å². The molecule has 0 radical (unpaired) electrons. The van der Waals surface area contributed by atoms with Crippen molar-refractivity contribution < 1.29 is 4.79 Å². The van der Waals surface area contributed by atoms with Crippen molar-refractivity contribution in [3.05, 3.63) is 35.9 Å². The molecule has 3 nitrogen and oxygen atoms in total. The van der Waals surface area contributed by atoms with E-state index in [9.17, 15) is 4.79 Å². The normalized spacial score (nSPS) is 13.9. The number of rotatable bonds is 7. The highest BCUT2D eigenvalue weighted by molar-refractivity contribution is 5.83. The van der Waals surface area contributed by atoms with Gasteiger partial charge in [-0.25, -0.2) is 0 Å². The molecule has 0 saturated carbocycles. The molecule has 2 atom stereocenters. The Balaban J connectivity index is 2.82. The molecule has 2 N–H and O–H groups in total. The van der Waals surface area contributed by atoms with E-state index in [1.54, 1.807) is 0 Å². The number of carbonyl (C=O) groups excluding carboxylic acids is 1. The lowest BCUT2D eigenvalue weighted by molar-refractivity contribution is -0.133. The molecule has 0 heterocycles. The summed E-state index contributed by atoms with van der Waals surface area (Å²) in [7, 11) is 0. The second-order valence-electron chi connectivity index (χ2n) is 5.09. The quantitative estimate of drug-likeness (QED) is 0.821. The number of carbonyl (C=O) groups is 1. The fourth-order valence-electron chi connectivity index (χ4n) is 2.28. The molecule has 0 spiro atoms. The van der Waals surface area contributed by atoms with E-state index < -0.39 is 0 Å². The maximum absolute atomic E-state index is 12.6. The van der Waals surface area contributed by atoms with Crippen LogP contribution in [0.3, 0.4) is 0 Å². The highest BCUT2D eigenvalue weighted by atomic mass is 16.2. The van der Waals surface area contributed by atoms with Gasteiger partial charge in [0.2, 0.25) is 5.91 Å². The van der Waals surface area contributed by atoms with Crippen LogP contribution in [0.1, 0.15) is 38.7 Å². The average Bonchev–Trinajstić information content (AvgIpc) is 2.46. The van der Waals surface area contributed by atoms with Crippen LogP contribution in [0.2, 0.25) is 0 Å². The monoisotopic (exact) mass is 262 g/mol. The van der Waals surface area contributed by atoms with Crippen molar-refractivity contribution in [3.8, 4) is 0 Å².